The van der Waals surface area contributed by atoms with Crippen LogP contribution in [0.2, 0.25) is 0 Å². The average Bonchev–Trinajstić information content (AvgIpc) is 2.37. The highest BCUT2D eigenvalue weighted by atomic mass is 32.2. The van der Waals surface area contributed by atoms with Crippen LogP contribution in [0.25, 0.3) is 0 Å². The van der Waals surface area contributed by atoms with Crippen LogP contribution in [-0.4, -0.2) is 28.3 Å². The number of hydrogen-bond donors (Lipinski definition) is 2. The van der Waals surface area contributed by atoms with Crippen molar-refractivity contribution >= 4 is 23.4 Å². The summed E-state index contributed by atoms with van der Waals surface area (Å²) in [6.45, 7) is 2.56. The first-order valence-corrected chi connectivity index (χ1v) is 6.90. The molecule has 0 bridgehead atoms. The Morgan fingerprint density at radius 3 is 2.79 bits per heavy atom. The van der Waals surface area contributed by atoms with Crippen LogP contribution in [0.5, 0.6) is 0 Å². The quantitative estimate of drug-likeness (QED) is 0.586. The lowest BCUT2D eigenvalue weighted by Crippen LogP contribution is -2.13. The summed E-state index contributed by atoms with van der Waals surface area (Å²) in [5, 5.41) is 19.9. The maximum atomic E-state index is 11.2. The Balaban J connectivity index is 2.91. The normalized spacial score (nSPS) is 12.1. The molecule has 0 amide bonds. The number of thioether (sulfide) groups is 1. The lowest BCUT2D eigenvalue weighted by atomic mass is 10.1. The molecule has 0 aliphatic rings. The van der Waals surface area contributed by atoms with Gasteiger partial charge in [-0.15, -0.1) is 0 Å². The highest BCUT2D eigenvalue weighted by molar-refractivity contribution is 7.98. The monoisotopic (exact) mass is 284 g/mol. The lowest BCUT2D eigenvalue weighted by Gasteiger charge is -2.09. The van der Waals surface area contributed by atoms with E-state index < -0.39 is 10.9 Å². The van der Waals surface area contributed by atoms with Gasteiger partial charge in [0.05, 0.1) is 4.92 Å². The predicted molar refractivity (Wildman–Crippen MR) is 74.4 cm³/mol. The molecular weight excluding hydrogens is 268 g/mol. The van der Waals surface area contributed by atoms with Crippen LogP contribution in [-0.2, 0) is 5.75 Å². The van der Waals surface area contributed by atoms with E-state index in [9.17, 15) is 14.9 Å². The second kappa shape index (κ2) is 7.10. The van der Waals surface area contributed by atoms with E-state index in [1.807, 2.05) is 6.92 Å². The zero-order chi connectivity index (χ0) is 14.4. The van der Waals surface area contributed by atoms with Gasteiger partial charge in [0, 0.05) is 11.8 Å². The SMILES string of the molecule is CC(CN)CSCc1cccc([N+](=O)[O-])c1C(=O)O. The number of nitrogens with two attached hydrogens (primary N) is 1. The van der Waals surface area contributed by atoms with E-state index in [-0.39, 0.29) is 11.3 Å². The molecule has 1 rings (SSSR count). The smallest absolute Gasteiger partial charge is 0.343 e. The topological polar surface area (TPSA) is 106 Å². The number of aromatic carboxylic acids is 1. The Morgan fingerprint density at radius 1 is 1.58 bits per heavy atom. The summed E-state index contributed by atoms with van der Waals surface area (Å²) in [4.78, 5) is 21.3. The summed E-state index contributed by atoms with van der Waals surface area (Å²) >= 11 is 1.53. The van der Waals surface area contributed by atoms with Gasteiger partial charge in [-0.05, 0) is 23.8 Å². The van der Waals surface area contributed by atoms with Crippen molar-refractivity contribution in [1.29, 1.82) is 0 Å². The minimum Gasteiger partial charge on any atom is -0.477 e. The van der Waals surface area contributed by atoms with Crippen molar-refractivity contribution in [3.05, 3.63) is 39.4 Å². The standard InChI is InChI=1S/C12H16N2O4S/c1-8(5-13)6-19-7-9-3-2-4-10(14(17)18)11(9)12(15)16/h2-4,8H,5-7,13H2,1H3,(H,15,16). The summed E-state index contributed by atoms with van der Waals surface area (Å²) in [6.07, 6.45) is 0. The molecule has 7 heteroatoms. The summed E-state index contributed by atoms with van der Waals surface area (Å²) in [5.74, 6) is 0.276. The average molecular weight is 284 g/mol. The summed E-state index contributed by atoms with van der Waals surface area (Å²) in [7, 11) is 0. The molecule has 104 valence electrons. The molecule has 0 aliphatic heterocycles. The number of nitro benzene ring substituents is 1. The fourth-order valence-corrected chi connectivity index (χ4v) is 2.66. The highest BCUT2D eigenvalue weighted by Gasteiger charge is 2.23. The molecule has 0 heterocycles. The maximum absolute atomic E-state index is 11.2. The predicted octanol–water partition coefficient (Wildman–Crippen LogP) is 2.12. The molecule has 6 nitrogen and oxygen atoms in total. The highest BCUT2D eigenvalue weighted by Crippen LogP contribution is 2.26. The van der Waals surface area contributed by atoms with Crippen LogP contribution in [0.4, 0.5) is 5.69 Å². The molecule has 0 spiro atoms. The van der Waals surface area contributed by atoms with Gasteiger partial charge in [-0.25, -0.2) is 4.79 Å². The van der Waals surface area contributed by atoms with Crippen LogP contribution in [0.15, 0.2) is 18.2 Å². The summed E-state index contributed by atoms with van der Waals surface area (Å²) in [5.41, 5.74) is 5.38. The number of nitrogens with zero attached hydrogens (tertiary/aromatic N) is 1. The number of benzene rings is 1. The van der Waals surface area contributed by atoms with Crippen LogP contribution in [0, 0.1) is 16.0 Å². The Hall–Kier alpha value is -1.60. The molecule has 0 radical (unpaired) electrons. The molecule has 19 heavy (non-hydrogen) atoms. The van der Waals surface area contributed by atoms with Crippen molar-refractivity contribution in [2.24, 2.45) is 11.7 Å². The van der Waals surface area contributed by atoms with Gasteiger partial charge in [0.1, 0.15) is 5.56 Å². The Morgan fingerprint density at radius 2 is 2.26 bits per heavy atom. The number of carboxylic acid groups (broad SMARTS) is 1. The van der Waals surface area contributed by atoms with Crippen LogP contribution in [0.3, 0.4) is 0 Å². The number of carboxylic acids is 1. The zero-order valence-corrected chi connectivity index (χ0v) is 11.4. The second-order valence-corrected chi connectivity index (χ2v) is 5.26. The van der Waals surface area contributed by atoms with Gasteiger partial charge in [-0.2, -0.15) is 11.8 Å². The molecule has 1 unspecified atom stereocenters. The number of rotatable bonds is 7. The molecule has 0 fully saturated rings. The largest absolute Gasteiger partial charge is 0.477 e. The Kier molecular flexibility index (Phi) is 5.78. The molecule has 0 saturated heterocycles. The molecule has 3 N–H and O–H groups in total. The van der Waals surface area contributed by atoms with Gasteiger partial charge < -0.3 is 10.8 Å². The first-order chi connectivity index (χ1) is 8.97. The third kappa shape index (κ3) is 4.22. The first kappa shape index (κ1) is 15.5. The van der Waals surface area contributed by atoms with E-state index in [1.165, 1.54) is 23.9 Å². The molecule has 1 aromatic carbocycles. The third-order valence-electron chi connectivity index (χ3n) is 2.60. The third-order valence-corrected chi connectivity index (χ3v) is 3.92. The molecule has 0 saturated carbocycles. The fraction of sp³-hybridized carbons (Fsp3) is 0.417. The van der Waals surface area contributed by atoms with Crippen molar-refractivity contribution in [2.75, 3.05) is 12.3 Å². The van der Waals surface area contributed by atoms with Gasteiger partial charge in [0.25, 0.3) is 5.69 Å². The van der Waals surface area contributed by atoms with Crippen molar-refractivity contribution < 1.29 is 14.8 Å². The van der Waals surface area contributed by atoms with E-state index in [4.69, 9.17) is 10.8 Å². The van der Waals surface area contributed by atoms with E-state index in [2.05, 4.69) is 0 Å². The molecule has 0 aromatic heterocycles. The van der Waals surface area contributed by atoms with Crippen molar-refractivity contribution in [2.45, 2.75) is 12.7 Å². The summed E-state index contributed by atoms with van der Waals surface area (Å²) < 4.78 is 0. The van der Waals surface area contributed by atoms with E-state index in [1.54, 1.807) is 6.07 Å². The zero-order valence-electron chi connectivity index (χ0n) is 10.5. The molecular formula is C12H16N2O4S. The maximum Gasteiger partial charge on any atom is 0.343 e. The van der Waals surface area contributed by atoms with E-state index in [0.717, 1.165) is 5.75 Å². The Labute approximate surface area is 115 Å². The lowest BCUT2D eigenvalue weighted by molar-refractivity contribution is -0.385. The van der Waals surface area contributed by atoms with Crippen LogP contribution in [0.1, 0.15) is 22.8 Å². The van der Waals surface area contributed by atoms with Crippen molar-refractivity contribution in [3.63, 3.8) is 0 Å². The molecule has 1 atom stereocenters. The second-order valence-electron chi connectivity index (χ2n) is 4.23. The van der Waals surface area contributed by atoms with Crippen LogP contribution < -0.4 is 5.73 Å². The van der Waals surface area contributed by atoms with Gasteiger partial charge >= 0.3 is 5.97 Å². The molecule has 0 aliphatic carbocycles. The van der Waals surface area contributed by atoms with Crippen LogP contribution >= 0.6 is 11.8 Å². The van der Waals surface area contributed by atoms with Gasteiger partial charge in [0.2, 0.25) is 0 Å². The minimum absolute atomic E-state index is 0.222. The van der Waals surface area contributed by atoms with E-state index in [0.29, 0.717) is 23.8 Å². The van der Waals surface area contributed by atoms with Gasteiger partial charge in [-0.1, -0.05) is 19.1 Å². The first-order valence-electron chi connectivity index (χ1n) is 5.74. The fourth-order valence-electron chi connectivity index (χ4n) is 1.54. The number of nitro groups is 1. The minimum atomic E-state index is -1.27. The van der Waals surface area contributed by atoms with E-state index >= 15 is 0 Å². The Bertz CT molecular complexity index is 479. The number of carbonyl (C=O) groups is 1. The van der Waals surface area contributed by atoms with Crippen molar-refractivity contribution in [1.82, 2.24) is 0 Å². The van der Waals surface area contributed by atoms with Gasteiger partial charge in [0.15, 0.2) is 0 Å². The van der Waals surface area contributed by atoms with Gasteiger partial charge in [-0.3, -0.25) is 10.1 Å². The van der Waals surface area contributed by atoms with Crippen molar-refractivity contribution in [3.8, 4) is 0 Å². The molecule has 1 aromatic rings. The number of hydrogen-bond acceptors (Lipinski definition) is 5. The summed E-state index contributed by atoms with van der Waals surface area (Å²) in [6, 6.07) is 4.32.